The number of hydrogen-bond donors (Lipinski definition) is 1. The van der Waals surface area contributed by atoms with Crippen LogP contribution in [-0.2, 0) is 0 Å². The SMILES string of the molecule is [B]c1ccc(ON)cc1OC. The van der Waals surface area contributed by atoms with Crippen LogP contribution >= 0.6 is 0 Å². The molecule has 0 unspecified atom stereocenters. The molecule has 1 aromatic rings. The van der Waals surface area contributed by atoms with E-state index in [1.54, 1.807) is 18.2 Å². The Morgan fingerprint density at radius 1 is 1.45 bits per heavy atom. The summed E-state index contributed by atoms with van der Waals surface area (Å²) in [5.41, 5.74) is 0.563. The first-order chi connectivity index (χ1) is 5.27. The summed E-state index contributed by atoms with van der Waals surface area (Å²) < 4.78 is 4.93. The van der Waals surface area contributed by atoms with E-state index in [1.165, 1.54) is 7.11 Å². The standard InChI is InChI=1S/C7H8BNO2/c1-10-7-4-5(11-9)2-3-6(7)8/h2-4H,9H2,1H3. The van der Waals surface area contributed by atoms with Crippen LogP contribution < -0.4 is 20.9 Å². The van der Waals surface area contributed by atoms with Crippen molar-refractivity contribution in [1.29, 1.82) is 0 Å². The highest BCUT2D eigenvalue weighted by Crippen LogP contribution is 2.14. The second kappa shape index (κ2) is 3.30. The Kier molecular flexibility index (Phi) is 2.38. The summed E-state index contributed by atoms with van der Waals surface area (Å²) in [6.07, 6.45) is 0. The Morgan fingerprint density at radius 3 is 2.73 bits per heavy atom. The van der Waals surface area contributed by atoms with E-state index in [4.69, 9.17) is 18.5 Å². The lowest BCUT2D eigenvalue weighted by molar-refractivity contribution is 0.331. The van der Waals surface area contributed by atoms with E-state index < -0.39 is 0 Å². The van der Waals surface area contributed by atoms with Gasteiger partial charge in [-0.3, -0.25) is 0 Å². The summed E-state index contributed by atoms with van der Waals surface area (Å²) in [6.45, 7) is 0. The number of nitrogens with two attached hydrogens (primary N) is 1. The van der Waals surface area contributed by atoms with Gasteiger partial charge in [0, 0.05) is 6.07 Å². The third kappa shape index (κ3) is 1.65. The molecule has 1 aromatic carbocycles. The van der Waals surface area contributed by atoms with Gasteiger partial charge in [0.05, 0.1) is 7.11 Å². The van der Waals surface area contributed by atoms with Crippen molar-refractivity contribution in [3.63, 3.8) is 0 Å². The van der Waals surface area contributed by atoms with Crippen LogP contribution in [0.5, 0.6) is 11.5 Å². The molecule has 0 atom stereocenters. The van der Waals surface area contributed by atoms with E-state index in [0.717, 1.165) is 0 Å². The molecular formula is C7H8BNO2. The van der Waals surface area contributed by atoms with Crippen LogP contribution in [-0.4, -0.2) is 15.0 Å². The summed E-state index contributed by atoms with van der Waals surface area (Å²) in [7, 11) is 7.07. The first-order valence-corrected chi connectivity index (χ1v) is 3.08. The maximum absolute atomic E-state index is 5.53. The number of rotatable bonds is 2. The molecule has 0 aliphatic carbocycles. The largest absolute Gasteiger partial charge is 0.497 e. The molecule has 4 heteroatoms. The summed E-state index contributed by atoms with van der Waals surface area (Å²) in [5, 5.41) is 0. The van der Waals surface area contributed by atoms with E-state index in [9.17, 15) is 0 Å². The molecule has 0 fully saturated rings. The van der Waals surface area contributed by atoms with Crippen molar-refractivity contribution in [3.8, 4) is 11.5 Å². The van der Waals surface area contributed by atoms with Gasteiger partial charge in [-0.1, -0.05) is 11.5 Å². The highest BCUT2D eigenvalue weighted by atomic mass is 16.6. The van der Waals surface area contributed by atoms with Gasteiger partial charge >= 0.3 is 0 Å². The molecule has 0 saturated heterocycles. The van der Waals surface area contributed by atoms with Gasteiger partial charge < -0.3 is 9.57 Å². The van der Waals surface area contributed by atoms with E-state index in [2.05, 4.69) is 4.84 Å². The summed E-state index contributed by atoms with van der Waals surface area (Å²) in [6, 6.07) is 4.95. The fraction of sp³-hybridized carbons (Fsp3) is 0.143. The van der Waals surface area contributed by atoms with Crippen molar-refractivity contribution in [1.82, 2.24) is 0 Å². The third-order valence-electron chi connectivity index (χ3n) is 1.34. The maximum Gasteiger partial charge on any atom is 0.150 e. The summed E-state index contributed by atoms with van der Waals surface area (Å²) in [4.78, 5) is 4.48. The molecule has 2 radical (unpaired) electrons. The molecule has 0 spiro atoms. The van der Waals surface area contributed by atoms with Crippen molar-refractivity contribution in [3.05, 3.63) is 18.2 Å². The Labute approximate surface area is 66.5 Å². The fourth-order valence-corrected chi connectivity index (χ4v) is 0.765. The van der Waals surface area contributed by atoms with Crippen LogP contribution in [0.2, 0.25) is 0 Å². The molecule has 3 nitrogen and oxygen atoms in total. The number of benzene rings is 1. The molecule has 0 aliphatic rings. The van der Waals surface area contributed by atoms with Crippen LogP contribution in [0.1, 0.15) is 0 Å². The van der Waals surface area contributed by atoms with Crippen LogP contribution in [0, 0.1) is 0 Å². The molecule has 0 saturated carbocycles. The number of methoxy groups -OCH3 is 1. The van der Waals surface area contributed by atoms with Gasteiger partial charge in [0.25, 0.3) is 0 Å². The molecule has 0 amide bonds. The molecule has 0 bridgehead atoms. The smallest absolute Gasteiger partial charge is 0.150 e. The van der Waals surface area contributed by atoms with Crippen molar-refractivity contribution < 1.29 is 9.57 Å². The maximum atomic E-state index is 5.53. The van der Waals surface area contributed by atoms with Gasteiger partial charge in [0.1, 0.15) is 19.3 Å². The highest BCUT2D eigenvalue weighted by Gasteiger charge is 1.98. The van der Waals surface area contributed by atoms with E-state index in [-0.39, 0.29) is 0 Å². The first kappa shape index (κ1) is 7.95. The molecule has 0 aromatic heterocycles. The predicted molar refractivity (Wildman–Crippen MR) is 43.2 cm³/mol. The van der Waals surface area contributed by atoms with Crippen molar-refractivity contribution in [2.24, 2.45) is 5.90 Å². The first-order valence-electron chi connectivity index (χ1n) is 3.08. The Morgan fingerprint density at radius 2 is 2.18 bits per heavy atom. The Balaban J connectivity index is 3.02. The highest BCUT2D eigenvalue weighted by molar-refractivity contribution is 6.34. The summed E-state index contributed by atoms with van der Waals surface area (Å²) in [5.74, 6) is 6.01. The molecule has 0 heterocycles. The topological polar surface area (TPSA) is 44.5 Å². The minimum atomic E-state index is 0.524. The van der Waals surface area contributed by atoms with Crippen molar-refractivity contribution >= 4 is 13.3 Å². The monoisotopic (exact) mass is 149 g/mol. The lowest BCUT2D eigenvalue weighted by atomic mass is 9.95. The minimum absolute atomic E-state index is 0.524. The molecule has 56 valence electrons. The second-order valence-electron chi connectivity index (χ2n) is 2.02. The summed E-state index contributed by atoms with van der Waals surface area (Å²) >= 11 is 0. The average Bonchev–Trinajstić information content (AvgIpc) is 2.05. The van der Waals surface area contributed by atoms with Gasteiger partial charge in [-0.25, -0.2) is 0 Å². The van der Waals surface area contributed by atoms with Crippen LogP contribution in [0.25, 0.3) is 0 Å². The van der Waals surface area contributed by atoms with Gasteiger partial charge in [0.15, 0.2) is 0 Å². The number of hydrogen-bond acceptors (Lipinski definition) is 3. The zero-order chi connectivity index (χ0) is 8.27. The normalized spacial score (nSPS) is 9.27. The molecule has 0 aliphatic heterocycles. The molecular weight excluding hydrogens is 141 g/mol. The Hall–Kier alpha value is -1.16. The predicted octanol–water partition coefficient (Wildman–Crippen LogP) is -0.259. The second-order valence-corrected chi connectivity index (χ2v) is 2.02. The van der Waals surface area contributed by atoms with Gasteiger partial charge in [-0.2, -0.15) is 5.90 Å². The third-order valence-corrected chi connectivity index (χ3v) is 1.34. The minimum Gasteiger partial charge on any atom is -0.497 e. The van der Waals surface area contributed by atoms with Crippen molar-refractivity contribution in [2.75, 3.05) is 7.11 Å². The Bertz CT molecular complexity index is 252. The van der Waals surface area contributed by atoms with Gasteiger partial charge in [-0.15, -0.1) is 0 Å². The van der Waals surface area contributed by atoms with E-state index in [0.29, 0.717) is 17.0 Å². The van der Waals surface area contributed by atoms with Gasteiger partial charge in [0.2, 0.25) is 0 Å². The average molecular weight is 149 g/mol. The molecule has 2 N–H and O–H groups in total. The molecule has 11 heavy (non-hydrogen) atoms. The lowest BCUT2D eigenvalue weighted by Crippen LogP contribution is -2.08. The number of ether oxygens (including phenoxy) is 1. The quantitative estimate of drug-likeness (QED) is 0.465. The fourth-order valence-electron chi connectivity index (χ4n) is 0.765. The van der Waals surface area contributed by atoms with Crippen LogP contribution in [0.4, 0.5) is 0 Å². The van der Waals surface area contributed by atoms with Crippen LogP contribution in [0.15, 0.2) is 18.2 Å². The van der Waals surface area contributed by atoms with Gasteiger partial charge in [-0.05, 0) is 6.07 Å². The zero-order valence-electron chi connectivity index (χ0n) is 6.20. The molecule has 1 rings (SSSR count). The van der Waals surface area contributed by atoms with E-state index >= 15 is 0 Å². The van der Waals surface area contributed by atoms with Crippen molar-refractivity contribution in [2.45, 2.75) is 0 Å². The lowest BCUT2D eigenvalue weighted by Gasteiger charge is -2.05. The zero-order valence-corrected chi connectivity index (χ0v) is 6.20. The van der Waals surface area contributed by atoms with E-state index in [1.807, 2.05) is 0 Å². The van der Waals surface area contributed by atoms with Crippen LogP contribution in [0.3, 0.4) is 0 Å².